The van der Waals surface area contributed by atoms with Crippen LogP contribution in [-0.2, 0) is 11.2 Å². The number of hydrogen-bond acceptors (Lipinski definition) is 5. The predicted octanol–water partition coefficient (Wildman–Crippen LogP) is 5.07. The first kappa shape index (κ1) is 21.0. The van der Waals surface area contributed by atoms with Crippen molar-refractivity contribution in [3.63, 3.8) is 0 Å². The molecule has 0 radical (unpaired) electrons. The number of rotatable bonds is 4. The molecule has 2 aromatic rings. The van der Waals surface area contributed by atoms with Crippen LogP contribution in [-0.4, -0.2) is 37.0 Å². The van der Waals surface area contributed by atoms with E-state index >= 15 is 0 Å². The Morgan fingerprint density at radius 2 is 2.14 bits per heavy atom. The summed E-state index contributed by atoms with van der Waals surface area (Å²) in [5, 5.41) is 3.45. The van der Waals surface area contributed by atoms with Crippen LogP contribution in [0.4, 0.5) is 15.1 Å². The Kier molecular flexibility index (Phi) is 6.00. The van der Waals surface area contributed by atoms with Crippen molar-refractivity contribution in [2.75, 3.05) is 25.5 Å². The molecule has 1 amide bonds. The van der Waals surface area contributed by atoms with Crippen molar-refractivity contribution in [3.05, 3.63) is 43.6 Å². The molecule has 28 heavy (non-hydrogen) atoms. The highest BCUT2D eigenvalue weighted by Gasteiger charge is 2.37. The minimum absolute atomic E-state index is 0.132. The Bertz CT molecular complexity index is 942. The van der Waals surface area contributed by atoms with E-state index in [0.29, 0.717) is 34.0 Å². The molecule has 0 saturated heterocycles. The van der Waals surface area contributed by atoms with Crippen LogP contribution in [0.25, 0.3) is 0 Å². The van der Waals surface area contributed by atoms with Gasteiger partial charge in [-0.1, -0.05) is 13.8 Å². The van der Waals surface area contributed by atoms with Crippen molar-refractivity contribution in [1.82, 2.24) is 4.90 Å². The van der Waals surface area contributed by atoms with Gasteiger partial charge in [0.2, 0.25) is 0 Å². The van der Waals surface area contributed by atoms with Crippen molar-refractivity contribution in [2.24, 2.45) is 5.41 Å². The Balaban J connectivity index is 2.15. The van der Waals surface area contributed by atoms with Gasteiger partial charge in [-0.15, -0.1) is 11.3 Å². The Morgan fingerprint density at radius 1 is 1.43 bits per heavy atom. The van der Waals surface area contributed by atoms with Gasteiger partial charge in [0.15, 0.2) is 0 Å². The zero-order valence-electron chi connectivity index (χ0n) is 16.2. The molecule has 5 nitrogen and oxygen atoms in total. The van der Waals surface area contributed by atoms with Crippen molar-refractivity contribution in [3.8, 4) is 0 Å². The first-order valence-electron chi connectivity index (χ1n) is 8.93. The molecule has 2 heterocycles. The smallest absolute Gasteiger partial charge is 0.341 e. The van der Waals surface area contributed by atoms with E-state index in [1.165, 1.54) is 17.4 Å². The van der Waals surface area contributed by atoms with Crippen molar-refractivity contribution >= 4 is 56.5 Å². The van der Waals surface area contributed by atoms with Crippen molar-refractivity contribution < 1.29 is 18.7 Å². The number of benzene rings is 1. The highest BCUT2D eigenvalue weighted by molar-refractivity contribution is 14.1. The summed E-state index contributed by atoms with van der Waals surface area (Å²) in [6.45, 7) is 6.66. The highest BCUT2D eigenvalue weighted by Crippen LogP contribution is 2.42. The lowest BCUT2D eigenvalue weighted by atomic mass is 9.85. The van der Waals surface area contributed by atoms with E-state index < -0.39 is 11.8 Å². The van der Waals surface area contributed by atoms with Gasteiger partial charge >= 0.3 is 5.97 Å². The van der Waals surface area contributed by atoms with Crippen LogP contribution in [0, 0.1) is 14.8 Å². The number of amides is 1. The monoisotopic (exact) mass is 516 g/mol. The van der Waals surface area contributed by atoms with Gasteiger partial charge in [0.25, 0.3) is 5.91 Å². The fourth-order valence-electron chi connectivity index (χ4n) is 3.45. The molecular weight excluding hydrogens is 494 g/mol. The minimum atomic E-state index is -0.499. The molecule has 1 aromatic carbocycles. The van der Waals surface area contributed by atoms with E-state index in [-0.39, 0.29) is 23.6 Å². The second kappa shape index (κ2) is 7.98. The lowest BCUT2D eigenvalue weighted by molar-refractivity contribution is 0.0526. The number of hydrogen-bond donors (Lipinski definition) is 1. The number of thiophene rings is 1. The zero-order valence-corrected chi connectivity index (χ0v) is 19.2. The maximum atomic E-state index is 14.4. The van der Waals surface area contributed by atoms with Gasteiger partial charge in [-0.25, -0.2) is 9.18 Å². The van der Waals surface area contributed by atoms with Gasteiger partial charge in [0.05, 0.1) is 22.7 Å². The number of fused-ring (bicyclic) bond motifs is 1. The molecule has 0 saturated carbocycles. The molecule has 1 aliphatic rings. The molecule has 3 rings (SSSR count). The van der Waals surface area contributed by atoms with Crippen LogP contribution in [0.3, 0.4) is 0 Å². The number of esters is 1. The van der Waals surface area contributed by atoms with E-state index in [4.69, 9.17) is 4.74 Å². The van der Waals surface area contributed by atoms with E-state index in [9.17, 15) is 14.0 Å². The van der Waals surface area contributed by atoms with Gasteiger partial charge in [0, 0.05) is 17.2 Å². The lowest BCUT2D eigenvalue weighted by Gasteiger charge is -2.27. The summed E-state index contributed by atoms with van der Waals surface area (Å²) in [7, 11) is 1.76. The van der Waals surface area contributed by atoms with Crippen LogP contribution < -0.4 is 5.32 Å². The molecule has 8 heteroatoms. The number of nitrogens with one attached hydrogen (secondary N) is 1. The third-order valence-electron chi connectivity index (χ3n) is 4.53. The molecule has 1 aromatic heterocycles. The number of carbonyl (C=O) groups excluding carboxylic acids is 2. The number of carbonyl (C=O) groups is 2. The number of ether oxygens (including phenoxy) is 1. The Hall–Kier alpha value is -1.68. The third-order valence-corrected chi connectivity index (χ3v) is 6.33. The summed E-state index contributed by atoms with van der Waals surface area (Å²) in [5.41, 5.74) is 1.05. The molecule has 1 aliphatic heterocycles. The second-order valence-corrected chi connectivity index (χ2v) is 9.85. The molecule has 0 bridgehead atoms. The van der Waals surface area contributed by atoms with E-state index in [2.05, 4.69) is 19.2 Å². The topological polar surface area (TPSA) is 58.6 Å². The molecule has 1 N–H and O–H groups in total. The number of anilines is 2. The maximum Gasteiger partial charge on any atom is 0.341 e. The fourth-order valence-corrected chi connectivity index (χ4v) is 5.12. The normalized spacial score (nSPS) is 15.8. The van der Waals surface area contributed by atoms with E-state index in [0.717, 1.165) is 3.57 Å². The summed E-state index contributed by atoms with van der Waals surface area (Å²) in [4.78, 5) is 27.9. The average Bonchev–Trinajstić information content (AvgIpc) is 2.89. The number of nitrogens with zero attached hydrogens (tertiary/aromatic N) is 1. The van der Waals surface area contributed by atoms with Gasteiger partial charge in [-0.3, -0.25) is 4.79 Å². The third kappa shape index (κ3) is 4.17. The summed E-state index contributed by atoms with van der Waals surface area (Å²) >= 11 is 3.21. The van der Waals surface area contributed by atoms with Gasteiger partial charge < -0.3 is 15.0 Å². The van der Waals surface area contributed by atoms with Gasteiger partial charge in [-0.05, 0) is 65.1 Å². The summed E-state index contributed by atoms with van der Waals surface area (Å²) in [6.07, 6.45) is 0.555. The van der Waals surface area contributed by atoms with E-state index in [1.54, 1.807) is 31.0 Å². The van der Waals surface area contributed by atoms with Gasteiger partial charge in [-0.2, -0.15) is 0 Å². The summed E-state index contributed by atoms with van der Waals surface area (Å²) < 4.78 is 20.4. The molecule has 0 fully saturated rings. The molecule has 0 aliphatic carbocycles. The van der Waals surface area contributed by atoms with Crippen LogP contribution >= 0.6 is 33.9 Å². The minimum Gasteiger partial charge on any atom is -0.462 e. The van der Waals surface area contributed by atoms with Crippen LogP contribution in [0.15, 0.2) is 18.2 Å². The lowest BCUT2D eigenvalue weighted by Crippen LogP contribution is -2.33. The zero-order chi connectivity index (χ0) is 20.6. The Morgan fingerprint density at radius 3 is 2.79 bits per heavy atom. The Labute approximate surface area is 181 Å². The second-order valence-electron chi connectivity index (χ2n) is 7.59. The van der Waals surface area contributed by atoms with E-state index in [1.807, 2.05) is 22.6 Å². The average molecular weight is 516 g/mol. The largest absolute Gasteiger partial charge is 0.462 e. The van der Waals surface area contributed by atoms with Crippen LogP contribution in [0.1, 0.15) is 46.4 Å². The standard InChI is InChI=1S/C20H22FIN2O3S/c1-5-27-19(26)15-12-9-20(2,3)10-24(4)18(25)16(12)28-17(15)23-14-7-6-11(22)8-13(14)21/h6-8,23H,5,9-10H2,1-4H3. The summed E-state index contributed by atoms with van der Waals surface area (Å²) in [6, 6.07) is 4.80. The molecule has 150 valence electrons. The first-order valence-corrected chi connectivity index (χ1v) is 10.8. The first-order chi connectivity index (χ1) is 13.1. The van der Waals surface area contributed by atoms with Crippen molar-refractivity contribution in [1.29, 1.82) is 0 Å². The van der Waals surface area contributed by atoms with Crippen LogP contribution in [0.5, 0.6) is 0 Å². The highest BCUT2D eigenvalue weighted by atomic mass is 127. The van der Waals surface area contributed by atoms with Crippen molar-refractivity contribution in [2.45, 2.75) is 27.2 Å². The molecule has 0 spiro atoms. The van der Waals surface area contributed by atoms with Gasteiger partial charge in [0.1, 0.15) is 10.8 Å². The molecular formula is C20H22FIN2O3S. The number of halogens is 2. The SMILES string of the molecule is CCOC(=O)c1c(Nc2ccc(I)cc2F)sc2c1CC(C)(C)CN(C)C2=O. The van der Waals surface area contributed by atoms with Crippen LogP contribution in [0.2, 0.25) is 0 Å². The summed E-state index contributed by atoms with van der Waals surface area (Å²) in [5.74, 6) is -1.05. The predicted molar refractivity (Wildman–Crippen MR) is 117 cm³/mol. The quantitative estimate of drug-likeness (QED) is 0.456. The fraction of sp³-hybridized carbons (Fsp3) is 0.400. The molecule has 0 atom stereocenters. The maximum absolute atomic E-state index is 14.4. The molecule has 0 unspecified atom stereocenters.